The van der Waals surface area contributed by atoms with Crippen molar-refractivity contribution >= 4 is 17.8 Å². The van der Waals surface area contributed by atoms with Crippen molar-refractivity contribution in [2.75, 3.05) is 33.3 Å². The van der Waals surface area contributed by atoms with Crippen LogP contribution in [0.25, 0.3) is 0 Å². The van der Waals surface area contributed by atoms with Crippen molar-refractivity contribution in [3.63, 3.8) is 0 Å². The number of ether oxygens (including phenoxy) is 2. The van der Waals surface area contributed by atoms with E-state index in [9.17, 15) is 14.4 Å². The quantitative estimate of drug-likeness (QED) is 0.592. The van der Waals surface area contributed by atoms with Crippen LogP contribution in [0.15, 0.2) is 54.6 Å². The van der Waals surface area contributed by atoms with Crippen molar-refractivity contribution in [1.29, 1.82) is 0 Å². The fourth-order valence-corrected chi connectivity index (χ4v) is 3.69. The van der Waals surface area contributed by atoms with Crippen molar-refractivity contribution < 1.29 is 23.9 Å². The van der Waals surface area contributed by atoms with Gasteiger partial charge in [-0.25, -0.2) is 0 Å². The van der Waals surface area contributed by atoms with Crippen LogP contribution in [0.1, 0.15) is 35.7 Å². The number of likely N-dealkylation sites (N-methyl/N-ethyl adjacent to an activating group) is 1. The number of hydrogen-bond donors (Lipinski definition) is 0. The van der Waals surface area contributed by atoms with Gasteiger partial charge in [-0.05, 0) is 49.6 Å². The smallest absolute Gasteiger partial charge is 0.310 e. The Morgan fingerprint density at radius 1 is 1.06 bits per heavy atom. The van der Waals surface area contributed by atoms with Crippen molar-refractivity contribution in [1.82, 2.24) is 9.80 Å². The van der Waals surface area contributed by atoms with E-state index < -0.39 is 0 Å². The van der Waals surface area contributed by atoms with Gasteiger partial charge in [-0.2, -0.15) is 0 Å². The minimum atomic E-state index is -0.294. The molecule has 7 heteroatoms. The predicted molar refractivity (Wildman–Crippen MR) is 120 cm³/mol. The number of hydrogen-bond acceptors (Lipinski definition) is 5. The van der Waals surface area contributed by atoms with Gasteiger partial charge in [0.25, 0.3) is 5.91 Å². The summed E-state index contributed by atoms with van der Waals surface area (Å²) in [5, 5.41) is 0. The molecule has 0 bridgehead atoms. The summed E-state index contributed by atoms with van der Waals surface area (Å²) in [5.41, 5.74) is 1.55. The normalized spacial score (nSPS) is 15.7. The highest BCUT2D eigenvalue weighted by Crippen LogP contribution is 2.19. The second-order valence-corrected chi connectivity index (χ2v) is 7.89. The van der Waals surface area contributed by atoms with E-state index in [1.165, 1.54) is 4.90 Å². The molecule has 0 aliphatic carbocycles. The standard InChI is InChI=1S/C25H30N2O5/c1-3-31-25(30)21-10-7-15-27(16-21)23(28)17-26(2)24(29)20-11-13-22(14-12-20)32-18-19-8-5-4-6-9-19/h4-6,8-9,11-14,21H,3,7,10,15-18H2,1-2H3. The summed E-state index contributed by atoms with van der Waals surface area (Å²) in [6.07, 6.45) is 1.47. The highest BCUT2D eigenvalue weighted by molar-refractivity contribution is 5.96. The number of piperidine rings is 1. The molecule has 1 aliphatic rings. The Morgan fingerprint density at radius 2 is 1.78 bits per heavy atom. The third-order valence-corrected chi connectivity index (χ3v) is 5.46. The molecule has 0 radical (unpaired) electrons. The summed E-state index contributed by atoms with van der Waals surface area (Å²) in [6, 6.07) is 16.7. The highest BCUT2D eigenvalue weighted by Gasteiger charge is 2.30. The Balaban J connectivity index is 1.51. The van der Waals surface area contributed by atoms with E-state index >= 15 is 0 Å². The first kappa shape index (κ1) is 23.3. The topological polar surface area (TPSA) is 76.2 Å². The first-order valence-corrected chi connectivity index (χ1v) is 10.9. The van der Waals surface area contributed by atoms with E-state index in [2.05, 4.69) is 0 Å². The molecule has 32 heavy (non-hydrogen) atoms. The van der Waals surface area contributed by atoms with Gasteiger partial charge >= 0.3 is 5.97 Å². The molecular formula is C25H30N2O5. The van der Waals surface area contributed by atoms with Gasteiger partial charge in [0.15, 0.2) is 0 Å². The largest absolute Gasteiger partial charge is 0.489 e. The van der Waals surface area contributed by atoms with Gasteiger partial charge in [0.05, 0.1) is 19.1 Å². The van der Waals surface area contributed by atoms with Crippen LogP contribution in [0.3, 0.4) is 0 Å². The van der Waals surface area contributed by atoms with Gasteiger partial charge in [0.2, 0.25) is 5.91 Å². The second-order valence-electron chi connectivity index (χ2n) is 7.89. The van der Waals surface area contributed by atoms with Crippen LogP contribution in [0.5, 0.6) is 5.75 Å². The van der Waals surface area contributed by atoms with Crippen molar-refractivity contribution in [3.8, 4) is 5.75 Å². The molecule has 0 N–H and O–H groups in total. The van der Waals surface area contributed by atoms with Crippen LogP contribution in [0.4, 0.5) is 0 Å². The van der Waals surface area contributed by atoms with Gasteiger partial charge < -0.3 is 19.3 Å². The first-order chi connectivity index (χ1) is 15.5. The van der Waals surface area contributed by atoms with Crippen LogP contribution in [0, 0.1) is 5.92 Å². The van der Waals surface area contributed by atoms with Gasteiger partial charge in [-0.3, -0.25) is 14.4 Å². The van der Waals surface area contributed by atoms with Gasteiger partial charge in [-0.15, -0.1) is 0 Å². The number of esters is 1. The Morgan fingerprint density at radius 3 is 2.47 bits per heavy atom. The monoisotopic (exact) mass is 438 g/mol. The number of amides is 2. The maximum atomic E-state index is 12.8. The van der Waals surface area contributed by atoms with Crippen molar-refractivity contribution in [3.05, 3.63) is 65.7 Å². The zero-order valence-corrected chi connectivity index (χ0v) is 18.7. The molecule has 1 atom stereocenters. The summed E-state index contributed by atoms with van der Waals surface area (Å²) in [7, 11) is 1.60. The molecular weight excluding hydrogens is 408 g/mol. The lowest BCUT2D eigenvalue weighted by Gasteiger charge is -2.32. The molecule has 7 nitrogen and oxygen atoms in total. The molecule has 3 rings (SSSR count). The summed E-state index contributed by atoms with van der Waals surface area (Å²) in [6.45, 7) is 3.44. The Labute approximate surface area is 188 Å². The van der Waals surface area contributed by atoms with E-state index in [0.717, 1.165) is 18.4 Å². The fraction of sp³-hybridized carbons (Fsp3) is 0.400. The number of nitrogens with zero attached hydrogens (tertiary/aromatic N) is 2. The molecule has 0 aromatic heterocycles. The predicted octanol–water partition coefficient (Wildman–Crippen LogP) is 3.14. The second kappa shape index (κ2) is 11.3. The lowest BCUT2D eigenvalue weighted by molar-refractivity contribution is -0.151. The number of carbonyl (C=O) groups is 3. The Bertz CT molecular complexity index is 914. The first-order valence-electron chi connectivity index (χ1n) is 10.9. The molecule has 0 saturated carbocycles. The number of rotatable bonds is 8. The van der Waals surface area contributed by atoms with E-state index in [0.29, 0.717) is 37.6 Å². The van der Waals surface area contributed by atoms with E-state index in [1.54, 1.807) is 43.1 Å². The zero-order chi connectivity index (χ0) is 22.9. The Kier molecular flexibility index (Phi) is 8.25. The third kappa shape index (κ3) is 6.33. The maximum absolute atomic E-state index is 12.8. The SMILES string of the molecule is CCOC(=O)C1CCCN(C(=O)CN(C)C(=O)c2ccc(OCc3ccccc3)cc2)C1. The molecule has 2 amide bonds. The highest BCUT2D eigenvalue weighted by atomic mass is 16.5. The number of carbonyl (C=O) groups excluding carboxylic acids is 3. The van der Waals surface area contributed by atoms with E-state index in [1.807, 2.05) is 30.3 Å². The average molecular weight is 439 g/mol. The lowest BCUT2D eigenvalue weighted by atomic mass is 9.98. The van der Waals surface area contributed by atoms with Gasteiger partial charge in [0.1, 0.15) is 12.4 Å². The van der Waals surface area contributed by atoms with Gasteiger partial charge in [0, 0.05) is 25.7 Å². The molecule has 0 spiro atoms. The molecule has 1 heterocycles. The van der Waals surface area contributed by atoms with Crippen LogP contribution >= 0.6 is 0 Å². The number of benzene rings is 2. The molecule has 1 saturated heterocycles. The lowest BCUT2D eigenvalue weighted by Crippen LogP contribution is -2.47. The summed E-state index contributed by atoms with van der Waals surface area (Å²) >= 11 is 0. The third-order valence-electron chi connectivity index (χ3n) is 5.46. The van der Waals surface area contributed by atoms with Gasteiger partial charge in [-0.1, -0.05) is 30.3 Å². The van der Waals surface area contributed by atoms with E-state index in [-0.39, 0.29) is 30.2 Å². The molecule has 1 aliphatic heterocycles. The zero-order valence-electron chi connectivity index (χ0n) is 18.7. The molecule has 1 unspecified atom stereocenters. The molecule has 170 valence electrons. The van der Waals surface area contributed by atoms with Crippen LogP contribution in [-0.4, -0.2) is 60.9 Å². The molecule has 2 aromatic rings. The van der Waals surface area contributed by atoms with Crippen LogP contribution < -0.4 is 4.74 Å². The van der Waals surface area contributed by atoms with E-state index in [4.69, 9.17) is 9.47 Å². The van der Waals surface area contributed by atoms with Crippen LogP contribution in [-0.2, 0) is 20.9 Å². The Hall–Kier alpha value is -3.35. The number of likely N-dealkylation sites (tertiary alicyclic amines) is 1. The maximum Gasteiger partial charge on any atom is 0.310 e. The summed E-state index contributed by atoms with van der Waals surface area (Å²) < 4.78 is 10.8. The summed E-state index contributed by atoms with van der Waals surface area (Å²) in [5.74, 6) is -0.298. The van der Waals surface area contributed by atoms with Crippen molar-refractivity contribution in [2.24, 2.45) is 5.92 Å². The summed E-state index contributed by atoms with van der Waals surface area (Å²) in [4.78, 5) is 40.5. The fourth-order valence-electron chi connectivity index (χ4n) is 3.69. The van der Waals surface area contributed by atoms with Crippen molar-refractivity contribution in [2.45, 2.75) is 26.4 Å². The molecule has 2 aromatic carbocycles. The molecule has 1 fully saturated rings. The average Bonchev–Trinajstić information content (AvgIpc) is 2.83. The minimum absolute atomic E-state index is 0.0410. The minimum Gasteiger partial charge on any atom is -0.489 e. The van der Waals surface area contributed by atoms with Crippen LogP contribution in [0.2, 0.25) is 0 Å².